The molecule has 5 nitrogen and oxygen atoms in total. The molecule has 0 aliphatic rings. The average molecular weight is 312 g/mol. The minimum absolute atomic E-state index is 0.172. The molecule has 6 heteroatoms. The highest BCUT2D eigenvalue weighted by molar-refractivity contribution is 7.37. The van der Waals surface area contributed by atoms with Crippen molar-refractivity contribution in [3.63, 3.8) is 0 Å². The summed E-state index contributed by atoms with van der Waals surface area (Å²) in [6, 6.07) is 8.08. The summed E-state index contributed by atoms with van der Waals surface area (Å²) in [7, 11) is -2.16. The topological polar surface area (TPSA) is 66.8 Å². The van der Waals surface area contributed by atoms with E-state index in [4.69, 9.17) is 9.73 Å². The van der Waals surface area contributed by atoms with Crippen LogP contribution in [0, 0.1) is 0 Å². The van der Waals surface area contributed by atoms with Gasteiger partial charge in [0.05, 0.1) is 6.54 Å². The lowest BCUT2D eigenvalue weighted by Gasteiger charge is -2.19. The van der Waals surface area contributed by atoms with E-state index in [2.05, 4.69) is 26.0 Å². The number of hydrogen-bond donors (Lipinski definition) is 1. The second kappa shape index (κ2) is 8.88. The molecule has 0 bridgehead atoms. The molecule has 1 aromatic rings. The Morgan fingerprint density at radius 1 is 1.33 bits per heavy atom. The van der Waals surface area contributed by atoms with Crippen LogP contribution in [-0.2, 0) is 20.8 Å². The summed E-state index contributed by atoms with van der Waals surface area (Å²) in [6.07, 6.45) is 0.614. The van der Waals surface area contributed by atoms with Crippen LogP contribution in [0.5, 0.6) is 0 Å². The van der Waals surface area contributed by atoms with Crippen molar-refractivity contribution in [2.75, 3.05) is 12.7 Å². The van der Waals surface area contributed by atoms with E-state index in [0.29, 0.717) is 25.5 Å². The van der Waals surface area contributed by atoms with Gasteiger partial charge in [-0.15, -0.1) is 0 Å². The molecule has 0 fully saturated rings. The molecule has 0 saturated heterocycles. The van der Waals surface area contributed by atoms with Crippen molar-refractivity contribution >= 4 is 13.9 Å². The lowest BCUT2D eigenvalue weighted by atomic mass is 10.0. The van der Waals surface area contributed by atoms with Crippen molar-refractivity contribution in [2.24, 2.45) is 0 Å². The molecule has 21 heavy (non-hydrogen) atoms. The molecule has 1 amide bonds. The minimum Gasteiger partial charge on any atom is -0.273 e. The molecule has 0 aliphatic carbocycles. The van der Waals surface area contributed by atoms with Crippen molar-refractivity contribution < 1.29 is 19.1 Å². The molecule has 1 atom stereocenters. The van der Waals surface area contributed by atoms with Crippen molar-refractivity contribution in [1.82, 2.24) is 5.06 Å². The van der Waals surface area contributed by atoms with Gasteiger partial charge in [0.2, 0.25) is 5.91 Å². The zero-order valence-corrected chi connectivity index (χ0v) is 13.7. The number of carbonyl (C=O) groups is 1. The summed E-state index contributed by atoms with van der Waals surface area (Å²) in [5.41, 5.74) is 2.24. The highest BCUT2D eigenvalue weighted by atomic mass is 31.1. The van der Waals surface area contributed by atoms with E-state index < -0.39 is 8.03 Å². The zero-order valence-electron chi connectivity index (χ0n) is 12.8. The Hall–Kier alpha value is -1.29. The molecule has 1 rings (SSSR count). The van der Waals surface area contributed by atoms with E-state index in [9.17, 15) is 9.36 Å². The molecule has 0 aromatic heterocycles. The van der Waals surface area contributed by atoms with E-state index in [0.717, 1.165) is 5.56 Å². The van der Waals surface area contributed by atoms with Gasteiger partial charge in [0, 0.05) is 13.3 Å². The molecule has 1 aromatic carbocycles. The Balaban J connectivity index is 2.48. The monoisotopic (exact) mass is 312 g/mol. The minimum atomic E-state index is -2.16. The van der Waals surface area contributed by atoms with Crippen molar-refractivity contribution in [1.29, 1.82) is 0 Å². The summed E-state index contributed by atoms with van der Waals surface area (Å²) in [6.45, 7) is 6.31. The largest absolute Gasteiger partial charge is 0.505 e. The van der Waals surface area contributed by atoms with Crippen LogP contribution >= 0.6 is 8.03 Å². The maximum absolute atomic E-state index is 11.4. The first kappa shape index (κ1) is 17.8. The number of rotatable bonds is 8. The van der Waals surface area contributed by atoms with Gasteiger partial charge < -0.3 is 0 Å². The average Bonchev–Trinajstić information content (AvgIpc) is 2.42. The van der Waals surface area contributed by atoms with Gasteiger partial charge in [-0.05, 0) is 21.6 Å². The Morgan fingerprint density at radius 3 is 2.43 bits per heavy atom. The Morgan fingerprint density at radius 2 is 1.95 bits per heavy atom. The fourth-order valence-electron chi connectivity index (χ4n) is 1.81. The van der Waals surface area contributed by atoms with E-state index >= 15 is 0 Å². The highest BCUT2D eigenvalue weighted by Crippen LogP contribution is 2.16. The Bertz CT molecular complexity index is 473. The fourth-order valence-corrected chi connectivity index (χ4v) is 2.23. The number of benzene rings is 1. The molecular formula is C15H23NO4P+. The Kier molecular flexibility index (Phi) is 7.51. The third-order valence-electron chi connectivity index (χ3n) is 3.10. The highest BCUT2D eigenvalue weighted by Gasteiger charge is 2.14. The first-order valence-electron chi connectivity index (χ1n) is 7.03. The number of nitrogens with zero attached hydrogens (tertiary/aromatic N) is 1. The van der Waals surface area contributed by atoms with Crippen LogP contribution in [0.4, 0.5) is 0 Å². The normalized spacial score (nSPS) is 11.6. The van der Waals surface area contributed by atoms with Crippen LogP contribution in [0.15, 0.2) is 24.3 Å². The van der Waals surface area contributed by atoms with Gasteiger partial charge in [0.15, 0.2) is 6.16 Å². The summed E-state index contributed by atoms with van der Waals surface area (Å²) in [4.78, 5) is 25.7. The van der Waals surface area contributed by atoms with Crippen LogP contribution in [0.1, 0.15) is 44.2 Å². The SMILES string of the molecule is CC(=O)N(CCC[P+](=O)O)OCc1ccc(C(C)C)cc1. The number of hydroxylamine groups is 2. The van der Waals surface area contributed by atoms with Crippen molar-refractivity contribution in [2.45, 2.75) is 39.7 Å². The van der Waals surface area contributed by atoms with Gasteiger partial charge in [-0.3, -0.25) is 9.63 Å². The molecular weight excluding hydrogens is 289 g/mol. The zero-order chi connectivity index (χ0) is 15.8. The van der Waals surface area contributed by atoms with Gasteiger partial charge in [-0.1, -0.05) is 38.1 Å². The number of carbonyl (C=O) groups excluding carboxylic acids is 1. The smallest absolute Gasteiger partial charge is 0.273 e. The molecule has 0 aliphatic heterocycles. The van der Waals surface area contributed by atoms with Crippen LogP contribution in [0.2, 0.25) is 0 Å². The molecule has 1 N–H and O–H groups in total. The van der Waals surface area contributed by atoms with Gasteiger partial charge in [0.1, 0.15) is 6.61 Å². The summed E-state index contributed by atoms with van der Waals surface area (Å²) >= 11 is 0. The van der Waals surface area contributed by atoms with Gasteiger partial charge in [0.25, 0.3) is 0 Å². The van der Waals surface area contributed by atoms with Gasteiger partial charge in [-0.2, -0.15) is 4.89 Å². The second-order valence-electron chi connectivity index (χ2n) is 5.22. The lowest BCUT2D eigenvalue weighted by Crippen LogP contribution is -2.30. The molecule has 0 spiro atoms. The van der Waals surface area contributed by atoms with Crippen LogP contribution in [0.3, 0.4) is 0 Å². The third kappa shape index (κ3) is 6.80. The van der Waals surface area contributed by atoms with Gasteiger partial charge >= 0.3 is 8.03 Å². The predicted molar refractivity (Wildman–Crippen MR) is 82.0 cm³/mol. The van der Waals surface area contributed by atoms with E-state index in [-0.39, 0.29) is 12.1 Å². The third-order valence-corrected chi connectivity index (χ3v) is 3.79. The summed E-state index contributed by atoms with van der Waals surface area (Å²) in [5, 5.41) is 1.25. The molecule has 0 saturated carbocycles. The quantitative estimate of drug-likeness (QED) is 0.591. The molecule has 0 heterocycles. The maximum atomic E-state index is 11.4. The van der Waals surface area contributed by atoms with Crippen LogP contribution < -0.4 is 0 Å². The molecule has 1 unspecified atom stereocenters. The molecule has 0 radical (unpaired) electrons. The predicted octanol–water partition coefficient (Wildman–Crippen LogP) is 3.21. The second-order valence-corrected chi connectivity index (χ2v) is 6.37. The maximum Gasteiger partial charge on any atom is 0.505 e. The van der Waals surface area contributed by atoms with E-state index in [1.165, 1.54) is 17.6 Å². The van der Waals surface area contributed by atoms with E-state index in [1.54, 1.807) is 0 Å². The fraction of sp³-hybridized carbons (Fsp3) is 0.533. The first-order valence-corrected chi connectivity index (χ1v) is 8.43. The van der Waals surface area contributed by atoms with Crippen LogP contribution in [-0.4, -0.2) is 28.6 Å². The lowest BCUT2D eigenvalue weighted by molar-refractivity contribution is -0.189. The standard InChI is InChI=1S/C15H22NO4P/c1-12(2)15-7-5-14(6-8-15)11-20-16(13(3)17)9-4-10-21(18)19/h5-8,12H,4,9-11H2,1-3H3/p+1. The Labute approximate surface area is 126 Å². The summed E-state index contributed by atoms with van der Waals surface area (Å²) in [5.74, 6) is 0.274. The summed E-state index contributed by atoms with van der Waals surface area (Å²) < 4.78 is 10.6. The number of amides is 1. The van der Waals surface area contributed by atoms with Crippen LogP contribution in [0.25, 0.3) is 0 Å². The molecule has 116 valence electrons. The van der Waals surface area contributed by atoms with Gasteiger partial charge in [-0.25, -0.2) is 5.06 Å². The van der Waals surface area contributed by atoms with Crippen molar-refractivity contribution in [3.05, 3.63) is 35.4 Å². The number of hydrogen-bond acceptors (Lipinski definition) is 3. The van der Waals surface area contributed by atoms with Crippen molar-refractivity contribution in [3.8, 4) is 0 Å². The van der Waals surface area contributed by atoms with E-state index in [1.807, 2.05) is 12.1 Å². The first-order chi connectivity index (χ1) is 9.90.